The lowest BCUT2D eigenvalue weighted by molar-refractivity contribution is 0.200. The first-order valence-electron chi connectivity index (χ1n) is 6.48. The summed E-state index contributed by atoms with van der Waals surface area (Å²) in [5.74, 6) is 0. The van der Waals surface area contributed by atoms with Gasteiger partial charge in [-0.1, -0.05) is 0 Å². The van der Waals surface area contributed by atoms with Crippen LogP contribution in [0.5, 0.6) is 0 Å². The van der Waals surface area contributed by atoms with Crippen LogP contribution in [-0.2, 0) is 10.0 Å². The predicted molar refractivity (Wildman–Crippen MR) is 77.9 cm³/mol. The number of primary sulfonamides is 1. The molecule has 2 rings (SSSR count). The fourth-order valence-corrected chi connectivity index (χ4v) is 3.10. The highest BCUT2D eigenvalue weighted by atomic mass is 32.2. The molecular weight excluding hydrogens is 292 g/mol. The van der Waals surface area contributed by atoms with Gasteiger partial charge in [0.25, 0.3) is 0 Å². The van der Waals surface area contributed by atoms with Crippen LogP contribution in [0, 0.1) is 11.3 Å². The summed E-state index contributed by atoms with van der Waals surface area (Å²) in [6, 6.07) is 8.06. The van der Waals surface area contributed by atoms with Crippen molar-refractivity contribution in [1.29, 1.82) is 5.26 Å². The Morgan fingerprint density at radius 3 is 2.62 bits per heavy atom. The third-order valence-corrected chi connectivity index (χ3v) is 4.71. The van der Waals surface area contributed by atoms with Crippen molar-refractivity contribution in [2.75, 3.05) is 18.4 Å². The summed E-state index contributed by atoms with van der Waals surface area (Å²) in [6.45, 7) is 0.592. The van der Waals surface area contributed by atoms with Crippen LogP contribution in [-0.4, -0.2) is 37.7 Å². The molecule has 1 aromatic rings. The molecule has 0 radical (unpaired) electrons. The number of anilines is 1. The Kier molecular flexibility index (Phi) is 4.45. The lowest BCUT2D eigenvalue weighted by Gasteiger charge is -2.31. The molecule has 21 heavy (non-hydrogen) atoms. The number of nitrogens with two attached hydrogens (primary N) is 1. The van der Waals surface area contributed by atoms with Gasteiger partial charge in [-0.05, 0) is 37.1 Å². The summed E-state index contributed by atoms with van der Waals surface area (Å²) >= 11 is 0. The summed E-state index contributed by atoms with van der Waals surface area (Å²) in [5, 5.41) is 15.8. The van der Waals surface area contributed by atoms with Crippen LogP contribution in [0.15, 0.2) is 24.3 Å². The molecule has 3 N–H and O–H groups in total. The van der Waals surface area contributed by atoms with Gasteiger partial charge in [0.1, 0.15) is 0 Å². The molecule has 112 valence electrons. The third kappa shape index (κ3) is 3.93. The van der Waals surface area contributed by atoms with Crippen molar-refractivity contribution in [3.8, 4) is 6.07 Å². The maximum Gasteiger partial charge on any atom is 0.321 e. The van der Waals surface area contributed by atoms with Gasteiger partial charge in [0.05, 0.1) is 16.9 Å². The fourth-order valence-electron chi connectivity index (χ4n) is 2.22. The van der Waals surface area contributed by atoms with Gasteiger partial charge < -0.3 is 10.2 Å². The minimum atomic E-state index is -3.63. The largest absolute Gasteiger partial charge is 0.323 e. The van der Waals surface area contributed by atoms with Crippen molar-refractivity contribution in [2.24, 2.45) is 5.14 Å². The minimum Gasteiger partial charge on any atom is -0.323 e. The highest BCUT2D eigenvalue weighted by Crippen LogP contribution is 2.17. The molecule has 1 aromatic carbocycles. The number of piperidine rings is 1. The van der Waals surface area contributed by atoms with E-state index < -0.39 is 15.3 Å². The molecule has 1 fully saturated rings. The SMILES string of the molecule is N#Cc1ccc(NC(=O)N2CCCC(S(N)(=O)=O)C2)cc1. The second-order valence-corrected chi connectivity index (χ2v) is 6.76. The van der Waals surface area contributed by atoms with Crippen molar-refractivity contribution < 1.29 is 13.2 Å². The molecule has 7 nitrogen and oxygen atoms in total. The van der Waals surface area contributed by atoms with Gasteiger partial charge in [-0.15, -0.1) is 0 Å². The summed E-state index contributed by atoms with van der Waals surface area (Å²) < 4.78 is 22.7. The van der Waals surface area contributed by atoms with E-state index in [1.807, 2.05) is 6.07 Å². The molecule has 8 heteroatoms. The molecule has 1 aliphatic heterocycles. The first-order valence-corrected chi connectivity index (χ1v) is 8.09. The number of benzene rings is 1. The number of rotatable bonds is 2. The highest BCUT2D eigenvalue weighted by Gasteiger charge is 2.30. The van der Waals surface area contributed by atoms with E-state index in [-0.39, 0.29) is 12.6 Å². The molecule has 1 unspecified atom stereocenters. The number of likely N-dealkylation sites (tertiary alicyclic amines) is 1. The van der Waals surface area contributed by atoms with Gasteiger partial charge in [-0.25, -0.2) is 18.4 Å². The van der Waals surface area contributed by atoms with E-state index in [9.17, 15) is 13.2 Å². The Morgan fingerprint density at radius 1 is 1.38 bits per heavy atom. The first kappa shape index (κ1) is 15.3. The maximum atomic E-state index is 12.1. The van der Waals surface area contributed by atoms with Gasteiger partial charge in [0.15, 0.2) is 0 Å². The van der Waals surface area contributed by atoms with Crippen LogP contribution in [0.3, 0.4) is 0 Å². The van der Waals surface area contributed by atoms with E-state index in [0.29, 0.717) is 30.6 Å². The second kappa shape index (κ2) is 6.11. The van der Waals surface area contributed by atoms with E-state index in [0.717, 1.165) is 0 Å². The fraction of sp³-hybridized carbons (Fsp3) is 0.385. The normalized spacial score (nSPS) is 18.9. The second-order valence-electron chi connectivity index (χ2n) is 4.92. The van der Waals surface area contributed by atoms with E-state index >= 15 is 0 Å². The summed E-state index contributed by atoms with van der Waals surface area (Å²) in [6.07, 6.45) is 1.07. The summed E-state index contributed by atoms with van der Waals surface area (Å²) in [4.78, 5) is 13.5. The molecular formula is C13H16N4O3S. The van der Waals surface area contributed by atoms with Crippen molar-refractivity contribution in [1.82, 2.24) is 4.90 Å². The smallest absolute Gasteiger partial charge is 0.321 e. The zero-order valence-electron chi connectivity index (χ0n) is 11.3. The standard InChI is InChI=1S/C13H16N4O3S/c14-8-10-3-5-11(6-4-10)16-13(18)17-7-1-2-12(9-17)21(15,19)20/h3-6,12H,1-2,7,9H2,(H,16,18)(H2,15,19,20). The van der Waals surface area contributed by atoms with Crippen LogP contribution >= 0.6 is 0 Å². The van der Waals surface area contributed by atoms with Crippen LogP contribution in [0.4, 0.5) is 10.5 Å². The summed E-state index contributed by atoms with van der Waals surface area (Å²) in [7, 11) is -3.63. The molecule has 2 amide bonds. The molecule has 1 atom stereocenters. The first-order chi connectivity index (χ1) is 9.90. The number of carbonyl (C=O) groups is 1. The number of nitrogens with one attached hydrogen (secondary N) is 1. The van der Waals surface area contributed by atoms with Gasteiger partial charge in [0, 0.05) is 18.8 Å². The monoisotopic (exact) mass is 308 g/mol. The van der Waals surface area contributed by atoms with Crippen LogP contribution in [0.25, 0.3) is 0 Å². The lowest BCUT2D eigenvalue weighted by Crippen LogP contribution is -2.48. The van der Waals surface area contributed by atoms with Gasteiger partial charge >= 0.3 is 6.03 Å². The average Bonchev–Trinajstić information content (AvgIpc) is 2.47. The number of nitrogens with zero attached hydrogens (tertiary/aromatic N) is 2. The molecule has 0 aliphatic carbocycles. The predicted octanol–water partition coefficient (Wildman–Crippen LogP) is 0.843. The molecule has 0 bridgehead atoms. The molecule has 1 aliphatic rings. The van der Waals surface area contributed by atoms with Crippen molar-refractivity contribution in [3.63, 3.8) is 0 Å². The molecule has 0 spiro atoms. The number of hydrogen-bond donors (Lipinski definition) is 2. The quantitative estimate of drug-likeness (QED) is 0.842. The molecule has 1 saturated heterocycles. The van der Waals surface area contributed by atoms with E-state index in [1.165, 1.54) is 4.90 Å². The minimum absolute atomic E-state index is 0.0982. The Hall–Kier alpha value is -2.11. The number of amides is 2. The Morgan fingerprint density at radius 2 is 2.05 bits per heavy atom. The highest BCUT2D eigenvalue weighted by molar-refractivity contribution is 7.89. The number of carbonyl (C=O) groups excluding carboxylic acids is 1. The molecule has 1 heterocycles. The number of nitriles is 1. The van der Waals surface area contributed by atoms with E-state index in [2.05, 4.69) is 5.32 Å². The lowest BCUT2D eigenvalue weighted by atomic mass is 10.1. The average molecular weight is 308 g/mol. The number of sulfonamides is 1. The molecule has 0 saturated carbocycles. The van der Waals surface area contributed by atoms with Gasteiger partial charge in [0.2, 0.25) is 10.0 Å². The number of urea groups is 1. The van der Waals surface area contributed by atoms with Crippen LogP contribution in [0.2, 0.25) is 0 Å². The van der Waals surface area contributed by atoms with E-state index in [4.69, 9.17) is 10.4 Å². The zero-order chi connectivity index (χ0) is 15.5. The van der Waals surface area contributed by atoms with Crippen molar-refractivity contribution in [2.45, 2.75) is 18.1 Å². The Labute approximate surface area is 123 Å². The van der Waals surface area contributed by atoms with Gasteiger partial charge in [-0.3, -0.25) is 0 Å². The van der Waals surface area contributed by atoms with Gasteiger partial charge in [-0.2, -0.15) is 5.26 Å². The summed E-state index contributed by atoms with van der Waals surface area (Å²) in [5.41, 5.74) is 1.05. The van der Waals surface area contributed by atoms with Crippen molar-refractivity contribution in [3.05, 3.63) is 29.8 Å². The third-order valence-electron chi connectivity index (χ3n) is 3.40. The zero-order valence-corrected chi connectivity index (χ0v) is 12.1. The van der Waals surface area contributed by atoms with Crippen molar-refractivity contribution >= 4 is 21.7 Å². The molecule has 0 aromatic heterocycles. The Balaban J connectivity index is 2.01. The van der Waals surface area contributed by atoms with Crippen LogP contribution in [0.1, 0.15) is 18.4 Å². The topological polar surface area (TPSA) is 116 Å². The Bertz CT molecular complexity index is 664. The van der Waals surface area contributed by atoms with Crippen LogP contribution < -0.4 is 10.5 Å². The maximum absolute atomic E-state index is 12.1. The van der Waals surface area contributed by atoms with E-state index in [1.54, 1.807) is 24.3 Å². The number of hydrogen-bond acceptors (Lipinski definition) is 4.